The molecule has 2 aliphatic rings. The molecule has 1 heterocycles. The third-order valence-electron chi connectivity index (χ3n) is 5.83. The molecule has 2 aromatic carbocycles. The lowest BCUT2D eigenvalue weighted by Crippen LogP contribution is -2.40. The van der Waals surface area contributed by atoms with Crippen molar-refractivity contribution in [1.29, 1.82) is 0 Å². The summed E-state index contributed by atoms with van der Waals surface area (Å²) < 4.78 is 5.65. The maximum absolute atomic E-state index is 12.9. The van der Waals surface area contributed by atoms with E-state index in [9.17, 15) is 4.79 Å². The molecule has 1 aliphatic heterocycles. The highest BCUT2D eigenvalue weighted by Gasteiger charge is 2.32. The van der Waals surface area contributed by atoms with Gasteiger partial charge in [-0.3, -0.25) is 0 Å². The van der Waals surface area contributed by atoms with Crippen molar-refractivity contribution in [3.63, 3.8) is 0 Å². The Kier molecular flexibility index (Phi) is 5.28. The molecular weight excluding hydrogens is 334 g/mol. The van der Waals surface area contributed by atoms with Crippen LogP contribution in [0.2, 0.25) is 0 Å². The van der Waals surface area contributed by atoms with Crippen molar-refractivity contribution in [2.24, 2.45) is 0 Å². The van der Waals surface area contributed by atoms with Gasteiger partial charge in [-0.15, -0.1) is 0 Å². The lowest BCUT2D eigenvalue weighted by molar-refractivity contribution is 0.0743. The van der Waals surface area contributed by atoms with Crippen LogP contribution in [0.25, 0.3) is 0 Å². The summed E-state index contributed by atoms with van der Waals surface area (Å²) in [5, 5.41) is 0. The Bertz CT molecular complexity index is 817. The molecule has 3 nitrogen and oxygen atoms in total. The predicted octanol–water partition coefficient (Wildman–Crippen LogP) is 5.95. The summed E-state index contributed by atoms with van der Waals surface area (Å²) in [5.74, 6) is 0. The summed E-state index contributed by atoms with van der Waals surface area (Å²) in [7, 11) is 0. The van der Waals surface area contributed by atoms with Crippen LogP contribution < -0.4 is 0 Å². The number of carbonyl (C=O) groups is 1. The Labute approximate surface area is 161 Å². The fourth-order valence-corrected chi connectivity index (χ4v) is 3.99. The SMILES string of the molecule is Cc1ccc([C@@H]2CC(=C3CCC3)CCN2C(=O)OCc2ccccc2)cc1. The molecule has 1 saturated heterocycles. The smallest absolute Gasteiger partial charge is 0.410 e. The first-order chi connectivity index (χ1) is 13.2. The molecule has 0 aromatic heterocycles. The van der Waals surface area contributed by atoms with Gasteiger partial charge in [-0.25, -0.2) is 4.79 Å². The summed E-state index contributed by atoms with van der Waals surface area (Å²) in [4.78, 5) is 14.8. The third kappa shape index (κ3) is 4.08. The van der Waals surface area contributed by atoms with Gasteiger partial charge < -0.3 is 9.64 Å². The van der Waals surface area contributed by atoms with Crippen LogP contribution in [0.4, 0.5) is 4.79 Å². The van der Waals surface area contributed by atoms with Crippen LogP contribution in [0.15, 0.2) is 65.7 Å². The summed E-state index contributed by atoms with van der Waals surface area (Å²) in [6, 6.07) is 18.5. The standard InChI is InChI=1S/C24H27NO2/c1-18-10-12-21(13-11-18)23-16-22(20-8-5-9-20)14-15-25(23)24(26)27-17-19-6-3-2-4-7-19/h2-4,6-7,10-13,23H,5,8-9,14-17H2,1H3/t23-/m0/s1. The molecule has 140 valence electrons. The summed E-state index contributed by atoms with van der Waals surface area (Å²) >= 11 is 0. The van der Waals surface area contributed by atoms with Gasteiger partial charge in [-0.2, -0.15) is 0 Å². The molecule has 0 unspecified atom stereocenters. The zero-order chi connectivity index (χ0) is 18.6. The second-order valence-corrected chi connectivity index (χ2v) is 7.67. The summed E-state index contributed by atoms with van der Waals surface area (Å²) in [5.41, 5.74) is 6.66. The number of aryl methyl sites for hydroxylation is 1. The highest BCUT2D eigenvalue weighted by atomic mass is 16.6. The predicted molar refractivity (Wildman–Crippen MR) is 107 cm³/mol. The van der Waals surface area contributed by atoms with E-state index in [-0.39, 0.29) is 12.1 Å². The van der Waals surface area contributed by atoms with Crippen LogP contribution in [0.3, 0.4) is 0 Å². The lowest BCUT2D eigenvalue weighted by Gasteiger charge is -2.38. The van der Waals surface area contributed by atoms with Crippen molar-refractivity contribution in [3.05, 3.63) is 82.4 Å². The van der Waals surface area contributed by atoms with E-state index >= 15 is 0 Å². The highest BCUT2D eigenvalue weighted by molar-refractivity contribution is 5.69. The second-order valence-electron chi connectivity index (χ2n) is 7.67. The first-order valence-electron chi connectivity index (χ1n) is 9.94. The minimum atomic E-state index is -0.206. The number of amides is 1. The number of rotatable bonds is 3. The average molecular weight is 361 g/mol. The van der Waals surface area contributed by atoms with Gasteiger partial charge in [-0.05, 0) is 50.2 Å². The number of ether oxygens (including phenoxy) is 1. The Hall–Kier alpha value is -2.55. The maximum atomic E-state index is 12.9. The van der Waals surface area contributed by atoms with E-state index in [4.69, 9.17) is 4.74 Å². The third-order valence-corrected chi connectivity index (χ3v) is 5.83. The molecular formula is C24H27NO2. The van der Waals surface area contributed by atoms with Gasteiger partial charge in [0, 0.05) is 6.54 Å². The van der Waals surface area contributed by atoms with E-state index in [2.05, 4.69) is 31.2 Å². The van der Waals surface area contributed by atoms with Gasteiger partial charge in [0.25, 0.3) is 0 Å². The largest absolute Gasteiger partial charge is 0.445 e. The molecule has 1 aliphatic carbocycles. The summed E-state index contributed by atoms with van der Waals surface area (Å²) in [6.45, 7) is 3.16. The molecule has 4 rings (SSSR count). The zero-order valence-corrected chi connectivity index (χ0v) is 16.0. The van der Waals surface area contributed by atoms with Crippen molar-refractivity contribution in [2.75, 3.05) is 6.54 Å². The minimum absolute atomic E-state index is 0.0747. The monoisotopic (exact) mass is 361 g/mol. The quantitative estimate of drug-likeness (QED) is 0.632. The van der Waals surface area contributed by atoms with E-state index in [1.165, 1.54) is 30.4 Å². The van der Waals surface area contributed by atoms with Crippen LogP contribution in [-0.2, 0) is 11.3 Å². The first-order valence-corrected chi connectivity index (χ1v) is 9.94. The number of benzene rings is 2. The second kappa shape index (κ2) is 7.99. The minimum Gasteiger partial charge on any atom is -0.445 e. The number of hydrogen-bond acceptors (Lipinski definition) is 2. The Morgan fingerprint density at radius 1 is 1.00 bits per heavy atom. The normalized spacial score (nSPS) is 19.6. The topological polar surface area (TPSA) is 29.5 Å². The van der Waals surface area contributed by atoms with Crippen LogP contribution >= 0.6 is 0 Å². The molecule has 27 heavy (non-hydrogen) atoms. The molecule has 2 aromatic rings. The molecule has 1 saturated carbocycles. The van der Waals surface area contributed by atoms with Gasteiger partial charge in [0.15, 0.2) is 0 Å². The Morgan fingerprint density at radius 2 is 1.74 bits per heavy atom. The fraction of sp³-hybridized carbons (Fsp3) is 0.375. The molecule has 0 N–H and O–H groups in total. The van der Waals surface area contributed by atoms with E-state index in [1.54, 1.807) is 11.1 Å². The van der Waals surface area contributed by atoms with Crippen molar-refractivity contribution >= 4 is 6.09 Å². The number of hydrogen-bond donors (Lipinski definition) is 0. The van der Waals surface area contributed by atoms with E-state index in [1.807, 2.05) is 35.2 Å². The molecule has 0 spiro atoms. The number of nitrogens with zero attached hydrogens (tertiary/aromatic N) is 1. The Balaban J connectivity index is 1.51. The molecule has 0 radical (unpaired) electrons. The number of piperidine rings is 1. The van der Waals surface area contributed by atoms with Gasteiger partial charge >= 0.3 is 6.09 Å². The number of likely N-dealkylation sites (tertiary alicyclic amines) is 1. The molecule has 2 fully saturated rings. The summed E-state index contributed by atoms with van der Waals surface area (Å²) in [6.07, 6.45) is 5.53. The van der Waals surface area contributed by atoms with E-state index in [0.717, 1.165) is 24.9 Å². The first kappa shape index (κ1) is 17.8. The van der Waals surface area contributed by atoms with Crippen molar-refractivity contribution in [2.45, 2.75) is 51.7 Å². The molecule has 3 heteroatoms. The van der Waals surface area contributed by atoms with Crippen molar-refractivity contribution < 1.29 is 9.53 Å². The highest BCUT2D eigenvalue weighted by Crippen LogP contribution is 2.40. The molecule has 0 bridgehead atoms. The number of carbonyl (C=O) groups excluding carboxylic acids is 1. The lowest BCUT2D eigenvalue weighted by atomic mass is 9.81. The molecule has 1 atom stereocenters. The molecule has 1 amide bonds. The zero-order valence-electron chi connectivity index (χ0n) is 16.0. The van der Waals surface area contributed by atoms with Crippen LogP contribution in [0.5, 0.6) is 0 Å². The van der Waals surface area contributed by atoms with Gasteiger partial charge in [-0.1, -0.05) is 71.3 Å². The fourth-order valence-electron chi connectivity index (χ4n) is 3.99. The van der Waals surface area contributed by atoms with Crippen LogP contribution in [0.1, 0.15) is 54.8 Å². The van der Waals surface area contributed by atoms with Crippen molar-refractivity contribution in [3.8, 4) is 0 Å². The van der Waals surface area contributed by atoms with Gasteiger partial charge in [0.1, 0.15) is 6.61 Å². The maximum Gasteiger partial charge on any atom is 0.410 e. The van der Waals surface area contributed by atoms with Gasteiger partial charge in [0.2, 0.25) is 0 Å². The van der Waals surface area contributed by atoms with E-state index in [0.29, 0.717) is 6.61 Å². The van der Waals surface area contributed by atoms with Crippen LogP contribution in [-0.4, -0.2) is 17.5 Å². The van der Waals surface area contributed by atoms with Gasteiger partial charge in [0.05, 0.1) is 6.04 Å². The van der Waals surface area contributed by atoms with Crippen molar-refractivity contribution in [1.82, 2.24) is 4.90 Å². The van der Waals surface area contributed by atoms with E-state index < -0.39 is 0 Å². The van der Waals surface area contributed by atoms with Crippen LogP contribution in [0, 0.1) is 6.92 Å². The number of allylic oxidation sites excluding steroid dienone is 1. The Morgan fingerprint density at radius 3 is 2.41 bits per heavy atom. The average Bonchev–Trinajstić information content (AvgIpc) is 2.66.